The summed E-state index contributed by atoms with van der Waals surface area (Å²) in [6.45, 7) is 14.4. The van der Waals surface area contributed by atoms with Crippen molar-refractivity contribution in [3.8, 4) is 0 Å². The second kappa shape index (κ2) is 9.01. The topological polar surface area (TPSA) is 32.7 Å². The van der Waals surface area contributed by atoms with E-state index in [2.05, 4.69) is 39.5 Å². The molecule has 3 heteroatoms. The van der Waals surface area contributed by atoms with Crippen LogP contribution in [0.25, 0.3) is 0 Å². The molecule has 1 rings (SSSR count). The molecule has 0 heterocycles. The first-order valence-corrected chi connectivity index (χ1v) is 8.49. The van der Waals surface area contributed by atoms with E-state index in [1.54, 1.807) is 0 Å². The van der Waals surface area contributed by atoms with E-state index in [4.69, 9.17) is 4.74 Å². The molecule has 0 amide bonds. The number of aliphatic hydroxyl groups excluding tert-OH is 1. The van der Waals surface area contributed by atoms with Gasteiger partial charge < -0.3 is 14.7 Å². The predicted octanol–water partition coefficient (Wildman–Crippen LogP) is 3.17. The highest BCUT2D eigenvalue weighted by Crippen LogP contribution is 2.35. The Bertz CT molecular complexity index is 253. The summed E-state index contributed by atoms with van der Waals surface area (Å²) in [6, 6.07) is 0. The maximum atomic E-state index is 10.1. The summed E-state index contributed by atoms with van der Waals surface area (Å²) in [4.78, 5) is 2.25. The van der Waals surface area contributed by atoms with Gasteiger partial charge in [0.05, 0.1) is 18.8 Å². The second-order valence-corrected chi connectivity index (χ2v) is 6.84. The van der Waals surface area contributed by atoms with Crippen molar-refractivity contribution in [2.24, 2.45) is 17.8 Å². The molecule has 1 aliphatic rings. The molecular weight excluding hydrogens is 250 g/mol. The highest BCUT2D eigenvalue weighted by atomic mass is 16.5. The van der Waals surface area contributed by atoms with Gasteiger partial charge >= 0.3 is 0 Å². The summed E-state index contributed by atoms with van der Waals surface area (Å²) in [5.74, 6) is 2.09. The van der Waals surface area contributed by atoms with Crippen LogP contribution >= 0.6 is 0 Å². The van der Waals surface area contributed by atoms with E-state index in [1.165, 1.54) is 12.8 Å². The average Bonchev–Trinajstić information content (AvgIpc) is 2.42. The van der Waals surface area contributed by atoms with Crippen LogP contribution < -0.4 is 0 Å². The van der Waals surface area contributed by atoms with Gasteiger partial charge in [-0.1, -0.05) is 41.0 Å². The molecule has 1 saturated carbocycles. The van der Waals surface area contributed by atoms with Crippen LogP contribution in [0, 0.1) is 17.8 Å². The molecule has 0 aromatic heterocycles. The smallest absolute Gasteiger partial charge is 0.0900 e. The Kier molecular flexibility index (Phi) is 8.08. The fraction of sp³-hybridized carbons (Fsp3) is 1.00. The van der Waals surface area contributed by atoms with Crippen molar-refractivity contribution < 1.29 is 9.84 Å². The first-order chi connectivity index (χ1) is 9.47. The molecule has 1 fully saturated rings. The Morgan fingerprint density at radius 1 is 1.20 bits per heavy atom. The lowest BCUT2D eigenvalue weighted by Gasteiger charge is -2.37. The van der Waals surface area contributed by atoms with Crippen molar-refractivity contribution in [3.05, 3.63) is 0 Å². The molecule has 0 aromatic carbocycles. The number of hydrogen-bond acceptors (Lipinski definition) is 3. The van der Waals surface area contributed by atoms with Crippen LogP contribution in [0.4, 0.5) is 0 Å². The maximum Gasteiger partial charge on any atom is 0.0900 e. The van der Waals surface area contributed by atoms with Gasteiger partial charge in [0.25, 0.3) is 0 Å². The van der Waals surface area contributed by atoms with Crippen LogP contribution in [-0.4, -0.2) is 48.5 Å². The first-order valence-electron chi connectivity index (χ1n) is 8.49. The quantitative estimate of drug-likeness (QED) is 0.743. The van der Waals surface area contributed by atoms with E-state index in [0.29, 0.717) is 24.5 Å². The lowest BCUT2D eigenvalue weighted by Crippen LogP contribution is -2.39. The van der Waals surface area contributed by atoms with Crippen molar-refractivity contribution in [1.29, 1.82) is 0 Å². The van der Waals surface area contributed by atoms with Crippen LogP contribution in [0.1, 0.15) is 53.9 Å². The largest absolute Gasteiger partial charge is 0.389 e. The molecule has 1 aliphatic carbocycles. The molecule has 3 nitrogen and oxygen atoms in total. The third-order valence-electron chi connectivity index (χ3n) is 4.83. The van der Waals surface area contributed by atoms with Crippen LogP contribution in [0.2, 0.25) is 0 Å². The van der Waals surface area contributed by atoms with Crippen molar-refractivity contribution in [1.82, 2.24) is 4.90 Å². The Labute approximate surface area is 125 Å². The molecule has 20 heavy (non-hydrogen) atoms. The molecule has 4 atom stereocenters. The van der Waals surface area contributed by atoms with E-state index >= 15 is 0 Å². The highest BCUT2D eigenvalue weighted by Gasteiger charge is 2.31. The van der Waals surface area contributed by atoms with Gasteiger partial charge in [-0.25, -0.2) is 0 Å². The van der Waals surface area contributed by atoms with Crippen LogP contribution in [-0.2, 0) is 4.74 Å². The van der Waals surface area contributed by atoms with Gasteiger partial charge in [-0.05, 0) is 43.7 Å². The lowest BCUT2D eigenvalue weighted by atomic mass is 9.75. The number of nitrogens with zero attached hydrogens (tertiary/aromatic N) is 1. The molecule has 0 radical (unpaired) electrons. The Morgan fingerprint density at radius 2 is 1.85 bits per heavy atom. The monoisotopic (exact) mass is 285 g/mol. The third-order valence-corrected chi connectivity index (χ3v) is 4.83. The summed E-state index contributed by atoms with van der Waals surface area (Å²) >= 11 is 0. The average molecular weight is 285 g/mol. The number of ether oxygens (including phenoxy) is 1. The van der Waals surface area contributed by atoms with Crippen LogP contribution in [0.3, 0.4) is 0 Å². The number of hydrogen-bond donors (Lipinski definition) is 1. The summed E-state index contributed by atoms with van der Waals surface area (Å²) in [7, 11) is 0. The zero-order valence-electron chi connectivity index (χ0n) is 14.1. The van der Waals surface area contributed by atoms with E-state index < -0.39 is 0 Å². The minimum Gasteiger partial charge on any atom is -0.389 e. The summed E-state index contributed by atoms with van der Waals surface area (Å²) in [5.41, 5.74) is 0. The molecule has 0 bridgehead atoms. The van der Waals surface area contributed by atoms with Crippen molar-refractivity contribution >= 4 is 0 Å². The van der Waals surface area contributed by atoms with Gasteiger partial charge in [0.2, 0.25) is 0 Å². The number of rotatable bonds is 8. The molecule has 0 saturated heterocycles. The van der Waals surface area contributed by atoms with E-state index in [0.717, 1.165) is 32.0 Å². The second-order valence-electron chi connectivity index (χ2n) is 6.84. The van der Waals surface area contributed by atoms with Gasteiger partial charge in [-0.2, -0.15) is 0 Å². The molecular formula is C17H35NO2. The lowest BCUT2D eigenvalue weighted by molar-refractivity contribution is -0.0735. The zero-order chi connectivity index (χ0) is 15.1. The maximum absolute atomic E-state index is 10.1. The summed E-state index contributed by atoms with van der Waals surface area (Å²) < 4.78 is 6.10. The van der Waals surface area contributed by atoms with E-state index in [9.17, 15) is 5.11 Å². The van der Waals surface area contributed by atoms with Gasteiger partial charge in [0.15, 0.2) is 0 Å². The Balaban J connectivity index is 2.40. The summed E-state index contributed by atoms with van der Waals surface area (Å²) in [5, 5.41) is 10.1. The molecule has 0 spiro atoms. The molecule has 1 N–H and O–H groups in total. The van der Waals surface area contributed by atoms with E-state index in [1.807, 2.05) is 0 Å². The predicted molar refractivity (Wildman–Crippen MR) is 84.9 cm³/mol. The normalized spacial score (nSPS) is 29.1. The zero-order valence-corrected chi connectivity index (χ0v) is 14.1. The molecule has 120 valence electrons. The highest BCUT2D eigenvalue weighted by molar-refractivity contribution is 4.81. The molecule has 4 unspecified atom stereocenters. The van der Waals surface area contributed by atoms with Gasteiger partial charge in [0.1, 0.15) is 0 Å². The van der Waals surface area contributed by atoms with Gasteiger partial charge in [-0.15, -0.1) is 0 Å². The first kappa shape index (κ1) is 17.9. The number of likely N-dealkylation sites (N-methyl/N-ethyl adjacent to an activating group) is 1. The van der Waals surface area contributed by atoms with Crippen molar-refractivity contribution in [2.45, 2.75) is 66.1 Å². The molecule has 0 aromatic rings. The third kappa shape index (κ3) is 5.71. The van der Waals surface area contributed by atoms with Crippen molar-refractivity contribution in [2.75, 3.05) is 26.2 Å². The number of aliphatic hydroxyl groups is 1. The summed E-state index contributed by atoms with van der Waals surface area (Å²) in [6.07, 6.45) is 3.73. The van der Waals surface area contributed by atoms with Gasteiger partial charge in [0, 0.05) is 6.54 Å². The fourth-order valence-electron chi connectivity index (χ4n) is 3.37. The minimum atomic E-state index is -0.361. The minimum absolute atomic E-state index is 0.338. The Morgan fingerprint density at radius 3 is 2.40 bits per heavy atom. The van der Waals surface area contributed by atoms with E-state index in [-0.39, 0.29) is 6.10 Å². The van der Waals surface area contributed by atoms with Crippen LogP contribution in [0.5, 0.6) is 0 Å². The Hall–Kier alpha value is -0.120. The molecule has 0 aliphatic heterocycles. The van der Waals surface area contributed by atoms with Gasteiger partial charge in [-0.3, -0.25) is 0 Å². The SMILES string of the molecule is CCN(CC)CC(O)COC1CC(C)CCC1C(C)C. The van der Waals surface area contributed by atoms with Crippen LogP contribution in [0.15, 0.2) is 0 Å². The standard InChI is InChI=1S/C17H35NO2/c1-6-18(7-2)11-15(19)12-20-17-10-14(5)8-9-16(17)13(3)4/h13-17,19H,6-12H2,1-5H3. The van der Waals surface area contributed by atoms with Crippen molar-refractivity contribution in [3.63, 3.8) is 0 Å². The fourth-order valence-corrected chi connectivity index (χ4v) is 3.37.